The molecule has 22 heavy (non-hydrogen) atoms. The van der Waals surface area contributed by atoms with E-state index in [2.05, 4.69) is 9.55 Å². The van der Waals surface area contributed by atoms with E-state index < -0.39 is 0 Å². The van der Waals surface area contributed by atoms with Gasteiger partial charge in [-0.1, -0.05) is 30.3 Å². The highest BCUT2D eigenvalue weighted by molar-refractivity contribution is 5.78. The van der Waals surface area contributed by atoms with Crippen LogP contribution in [0.1, 0.15) is 24.2 Å². The first-order chi connectivity index (χ1) is 10.7. The first kappa shape index (κ1) is 14.8. The average Bonchev–Trinajstić information content (AvgIpc) is 2.94. The monoisotopic (exact) mass is 297 g/mol. The lowest BCUT2D eigenvalue weighted by atomic mass is 9.94. The minimum Gasteiger partial charge on any atom is -0.342 e. The number of nitrogens with zero attached hydrogens (tertiary/aromatic N) is 3. The first-order valence-electron chi connectivity index (χ1n) is 8.00. The van der Waals surface area contributed by atoms with Gasteiger partial charge in [-0.25, -0.2) is 4.98 Å². The normalized spacial score (nSPS) is 18.4. The molecule has 1 unspecified atom stereocenters. The van der Waals surface area contributed by atoms with Gasteiger partial charge in [0.05, 0.1) is 6.42 Å². The fraction of sp³-hybridized carbons (Fsp3) is 0.444. The Morgan fingerprint density at radius 2 is 2.14 bits per heavy atom. The van der Waals surface area contributed by atoms with Crippen LogP contribution in [0.5, 0.6) is 0 Å². The molecule has 4 heteroatoms. The summed E-state index contributed by atoms with van der Waals surface area (Å²) in [7, 11) is 2.03. The number of piperidine rings is 1. The van der Waals surface area contributed by atoms with Crippen LogP contribution in [0.4, 0.5) is 0 Å². The van der Waals surface area contributed by atoms with E-state index in [0.717, 1.165) is 37.3 Å². The summed E-state index contributed by atoms with van der Waals surface area (Å²) in [5, 5.41) is 0. The number of amides is 1. The van der Waals surface area contributed by atoms with Crippen molar-refractivity contribution in [3.63, 3.8) is 0 Å². The van der Waals surface area contributed by atoms with E-state index in [1.54, 1.807) is 0 Å². The number of benzene rings is 1. The number of hydrogen-bond donors (Lipinski definition) is 0. The summed E-state index contributed by atoms with van der Waals surface area (Å²) in [5.41, 5.74) is 1.10. The fourth-order valence-electron chi connectivity index (χ4n) is 3.19. The number of carbonyl (C=O) groups excluding carboxylic acids is 1. The molecule has 0 bridgehead atoms. The van der Waals surface area contributed by atoms with E-state index in [9.17, 15) is 4.79 Å². The molecule has 3 rings (SSSR count). The van der Waals surface area contributed by atoms with Crippen molar-refractivity contribution >= 4 is 5.91 Å². The van der Waals surface area contributed by atoms with Crippen molar-refractivity contribution in [2.45, 2.75) is 25.7 Å². The van der Waals surface area contributed by atoms with Crippen LogP contribution in [0.25, 0.3) is 0 Å². The SMILES string of the molecule is Cn1ccnc1CC1CCCN(C(=O)Cc2ccccc2)C1. The van der Waals surface area contributed by atoms with Crippen LogP contribution in [0.3, 0.4) is 0 Å². The zero-order valence-electron chi connectivity index (χ0n) is 13.1. The maximum atomic E-state index is 12.5. The van der Waals surface area contributed by atoms with E-state index in [-0.39, 0.29) is 5.91 Å². The number of imidazole rings is 1. The van der Waals surface area contributed by atoms with E-state index in [1.807, 2.05) is 54.7 Å². The topological polar surface area (TPSA) is 38.1 Å². The molecule has 2 aromatic rings. The Kier molecular flexibility index (Phi) is 4.56. The molecule has 0 radical (unpaired) electrons. The van der Waals surface area contributed by atoms with E-state index in [0.29, 0.717) is 12.3 Å². The van der Waals surface area contributed by atoms with Crippen molar-refractivity contribution in [2.75, 3.05) is 13.1 Å². The lowest BCUT2D eigenvalue weighted by molar-refractivity contribution is -0.132. The molecule has 1 amide bonds. The molecule has 1 fully saturated rings. The van der Waals surface area contributed by atoms with Gasteiger partial charge in [-0.2, -0.15) is 0 Å². The zero-order chi connectivity index (χ0) is 15.4. The highest BCUT2D eigenvalue weighted by Gasteiger charge is 2.24. The summed E-state index contributed by atoms with van der Waals surface area (Å²) >= 11 is 0. The van der Waals surface area contributed by atoms with Crippen molar-refractivity contribution in [2.24, 2.45) is 13.0 Å². The third-order valence-electron chi connectivity index (χ3n) is 4.46. The average molecular weight is 297 g/mol. The molecule has 0 saturated carbocycles. The van der Waals surface area contributed by atoms with Gasteiger partial charge in [-0.3, -0.25) is 4.79 Å². The summed E-state index contributed by atoms with van der Waals surface area (Å²) in [6.45, 7) is 1.75. The molecule has 0 aliphatic carbocycles. The van der Waals surface area contributed by atoms with Crippen LogP contribution >= 0.6 is 0 Å². The lowest BCUT2D eigenvalue weighted by Gasteiger charge is -2.32. The molecule has 116 valence electrons. The third kappa shape index (κ3) is 3.56. The van der Waals surface area contributed by atoms with E-state index in [4.69, 9.17) is 0 Å². The summed E-state index contributed by atoms with van der Waals surface area (Å²) in [5.74, 6) is 1.88. The van der Waals surface area contributed by atoms with Crippen molar-refractivity contribution < 1.29 is 4.79 Å². The predicted molar refractivity (Wildman–Crippen MR) is 86.4 cm³/mol. The second kappa shape index (κ2) is 6.77. The second-order valence-corrected chi connectivity index (χ2v) is 6.17. The van der Waals surface area contributed by atoms with Crippen LogP contribution < -0.4 is 0 Å². The van der Waals surface area contributed by atoms with Crippen LogP contribution in [0.2, 0.25) is 0 Å². The van der Waals surface area contributed by atoms with E-state index in [1.165, 1.54) is 6.42 Å². The Balaban J connectivity index is 1.58. The summed E-state index contributed by atoms with van der Waals surface area (Å²) < 4.78 is 2.07. The smallest absolute Gasteiger partial charge is 0.226 e. The van der Waals surface area contributed by atoms with E-state index >= 15 is 0 Å². The maximum Gasteiger partial charge on any atom is 0.226 e. The van der Waals surface area contributed by atoms with Gasteiger partial charge in [-0.15, -0.1) is 0 Å². The Hall–Kier alpha value is -2.10. The summed E-state index contributed by atoms with van der Waals surface area (Å²) in [4.78, 5) is 18.9. The van der Waals surface area contributed by atoms with Gasteiger partial charge in [0, 0.05) is 39.0 Å². The largest absolute Gasteiger partial charge is 0.342 e. The number of rotatable bonds is 4. The molecule has 0 N–H and O–H groups in total. The molecule has 1 aromatic carbocycles. The van der Waals surface area contributed by atoms with Crippen LogP contribution in [0.15, 0.2) is 42.7 Å². The Bertz CT molecular complexity index is 620. The minimum absolute atomic E-state index is 0.246. The van der Waals surface area contributed by atoms with Gasteiger partial charge < -0.3 is 9.47 Å². The number of hydrogen-bond acceptors (Lipinski definition) is 2. The number of likely N-dealkylation sites (tertiary alicyclic amines) is 1. The van der Waals surface area contributed by atoms with Gasteiger partial charge in [-0.05, 0) is 24.3 Å². The molecular weight excluding hydrogens is 274 g/mol. The molecule has 0 spiro atoms. The van der Waals surface area contributed by atoms with Crippen molar-refractivity contribution in [1.29, 1.82) is 0 Å². The number of aryl methyl sites for hydroxylation is 1. The van der Waals surface area contributed by atoms with Crippen LogP contribution in [0, 0.1) is 5.92 Å². The van der Waals surface area contributed by atoms with Gasteiger partial charge in [0.25, 0.3) is 0 Å². The molecule has 4 nitrogen and oxygen atoms in total. The highest BCUT2D eigenvalue weighted by Crippen LogP contribution is 2.21. The maximum absolute atomic E-state index is 12.5. The Morgan fingerprint density at radius 1 is 1.32 bits per heavy atom. The molecule has 1 aromatic heterocycles. The fourth-order valence-corrected chi connectivity index (χ4v) is 3.19. The predicted octanol–water partition coefficient (Wildman–Crippen LogP) is 2.44. The standard InChI is InChI=1S/C18H23N3O/c1-20-11-9-19-17(20)12-16-8-5-10-21(14-16)18(22)13-15-6-3-2-4-7-15/h2-4,6-7,9,11,16H,5,8,10,12-14H2,1H3. The lowest BCUT2D eigenvalue weighted by Crippen LogP contribution is -2.41. The molecular formula is C18H23N3O. The van der Waals surface area contributed by atoms with Crippen molar-refractivity contribution in [3.05, 3.63) is 54.1 Å². The van der Waals surface area contributed by atoms with Gasteiger partial charge in [0.2, 0.25) is 5.91 Å². The van der Waals surface area contributed by atoms with Gasteiger partial charge in [0.1, 0.15) is 5.82 Å². The summed E-state index contributed by atoms with van der Waals surface area (Å²) in [6.07, 6.45) is 7.57. The van der Waals surface area contributed by atoms with Crippen molar-refractivity contribution in [3.8, 4) is 0 Å². The number of aromatic nitrogens is 2. The van der Waals surface area contributed by atoms with Gasteiger partial charge >= 0.3 is 0 Å². The third-order valence-corrected chi connectivity index (χ3v) is 4.46. The number of carbonyl (C=O) groups is 1. The Labute approximate surface area is 131 Å². The first-order valence-corrected chi connectivity index (χ1v) is 8.00. The molecule has 1 aliphatic heterocycles. The van der Waals surface area contributed by atoms with Gasteiger partial charge in [0.15, 0.2) is 0 Å². The Morgan fingerprint density at radius 3 is 2.86 bits per heavy atom. The van der Waals surface area contributed by atoms with Crippen LogP contribution in [-0.2, 0) is 24.7 Å². The minimum atomic E-state index is 0.246. The van der Waals surface area contributed by atoms with Crippen LogP contribution in [-0.4, -0.2) is 33.4 Å². The van der Waals surface area contributed by atoms with Crippen molar-refractivity contribution in [1.82, 2.24) is 14.5 Å². The molecule has 2 heterocycles. The highest BCUT2D eigenvalue weighted by atomic mass is 16.2. The molecule has 1 atom stereocenters. The quantitative estimate of drug-likeness (QED) is 0.869. The molecule has 1 saturated heterocycles. The second-order valence-electron chi connectivity index (χ2n) is 6.17. The summed E-state index contributed by atoms with van der Waals surface area (Å²) in [6, 6.07) is 10.0. The zero-order valence-corrected chi connectivity index (χ0v) is 13.1. The molecule has 1 aliphatic rings.